The van der Waals surface area contributed by atoms with Crippen LogP contribution >= 0.6 is 11.3 Å². The number of aromatic nitrogens is 4. The van der Waals surface area contributed by atoms with Crippen LogP contribution in [0.2, 0.25) is 0 Å². The van der Waals surface area contributed by atoms with E-state index in [9.17, 15) is 19.7 Å². The van der Waals surface area contributed by atoms with Crippen molar-refractivity contribution in [2.75, 3.05) is 5.32 Å². The zero-order chi connectivity index (χ0) is 24.4. The molecule has 0 aliphatic carbocycles. The monoisotopic (exact) mass is 484 g/mol. The van der Waals surface area contributed by atoms with Crippen molar-refractivity contribution in [2.45, 2.75) is 0 Å². The van der Waals surface area contributed by atoms with Gasteiger partial charge in [-0.25, -0.2) is 4.98 Å². The number of para-hydroxylation sites is 1. The predicted octanol–water partition coefficient (Wildman–Crippen LogP) is 4.51. The van der Waals surface area contributed by atoms with Crippen LogP contribution in [0.4, 0.5) is 11.5 Å². The topological polar surface area (TPSA) is 136 Å². The van der Waals surface area contributed by atoms with Gasteiger partial charge in [0.15, 0.2) is 0 Å². The van der Waals surface area contributed by atoms with E-state index < -0.39 is 16.4 Å². The minimum atomic E-state index is -0.697. The molecule has 0 atom stereocenters. The van der Waals surface area contributed by atoms with Gasteiger partial charge in [-0.3, -0.25) is 24.7 Å². The van der Waals surface area contributed by atoms with Crippen LogP contribution in [0.1, 0.15) is 10.4 Å². The molecule has 0 aliphatic rings. The quantitative estimate of drug-likeness (QED) is 0.269. The van der Waals surface area contributed by atoms with Crippen LogP contribution in [0.5, 0.6) is 0 Å². The second-order valence-corrected chi connectivity index (χ2v) is 8.30. The third kappa shape index (κ3) is 4.48. The Labute approximate surface area is 201 Å². The number of hydrogen-bond acceptors (Lipinski definition) is 7. The van der Waals surface area contributed by atoms with Gasteiger partial charge in [0.25, 0.3) is 17.2 Å². The number of carbonyl (C=O) groups is 1. The smallest absolute Gasteiger partial charge is 0.282 e. The second-order valence-electron chi connectivity index (χ2n) is 7.35. The summed E-state index contributed by atoms with van der Waals surface area (Å²) in [4.78, 5) is 44.3. The molecule has 10 nitrogen and oxygen atoms in total. The van der Waals surface area contributed by atoms with Gasteiger partial charge < -0.3 is 5.32 Å². The molecule has 3 aromatic heterocycles. The van der Waals surface area contributed by atoms with E-state index >= 15 is 0 Å². The number of nitrogens with one attached hydrogen (secondary N) is 2. The first-order valence-electron chi connectivity index (χ1n) is 10.4. The molecule has 0 spiro atoms. The van der Waals surface area contributed by atoms with Crippen molar-refractivity contribution >= 4 is 28.7 Å². The second kappa shape index (κ2) is 9.15. The summed E-state index contributed by atoms with van der Waals surface area (Å²) in [5.41, 5.74) is 0.850. The average molecular weight is 484 g/mol. The summed E-state index contributed by atoms with van der Waals surface area (Å²) in [6.07, 6.45) is 0. The van der Waals surface area contributed by atoms with Crippen LogP contribution in [-0.2, 0) is 0 Å². The number of rotatable bonds is 6. The first-order chi connectivity index (χ1) is 17.0. The number of nitro benzene ring substituents is 1. The van der Waals surface area contributed by atoms with E-state index in [2.05, 4.69) is 20.4 Å². The molecule has 2 N–H and O–H groups in total. The highest BCUT2D eigenvalue weighted by Gasteiger charge is 2.22. The molecule has 5 aromatic rings. The van der Waals surface area contributed by atoms with Crippen LogP contribution in [0, 0.1) is 10.1 Å². The van der Waals surface area contributed by atoms with E-state index in [1.807, 2.05) is 47.8 Å². The Balaban J connectivity index is 1.61. The Morgan fingerprint density at radius 2 is 1.77 bits per heavy atom. The standard InChI is InChI=1S/C24H16N6O4S/c31-22-14-17(15-7-2-1-3-8-15)25-24(27-22)29-21(13-18(28-29)20-11-6-12-35-20)26-23(32)16-9-4-5-10-19(16)30(33)34/h1-14H,(H,26,32)(H,25,27,31). The summed E-state index contributed by atoms with van der Waals surface area (Å²) in [6.45, 7) is 0. The first-order valence-corrected chi connectivity index (χ1v) is 11.2. The summed E-state index contributed by atoms with van der Waals surface area (Å²) >= 11 is 1.45. The van der Waals surface area contributed by atoms with Crippen molar-refractivity contribution in [3.8, 4) is 27.8 Å². The zero-order valence-corrected chi connectivity index (χ0v) is 18.7. The highest BCUT2D eigenvalue weighted by Crippen LogP contribution is 2.28. The fourth-order valence-corrected chi connectivity index (χ4v) is 4.17. The fraction of sp³-hybridized carbons (Fsp3) is 0. The summed E-state index contributed by atoms with van der Waals surface area (Å²) < 4.78 is 1.30. The van der Waals surface area contributed by atoms with Crippen LogP contribution < -0.4 is 10.9 Å². The highest BCUT2D eigenvalue weighted by atomic mass is 32.1. The number of benzene rings is 2. The van der Waals surface area contributed by atoms with Gasteiger partial charge >= 0.3 is 0 Å². The van der Waals surface area contributed by atoms with Crippen molar-refractivity contribution in [3.05, 3.63) is 110 Å². The van der Waals surface area contributed by atoms with E-state index in [-0.39, 0.29) is 23.0 Å². The maximum atomic E-state index is 13.0. The van der Waals surface area contributed by atoms with Gasteiger partial charge in [0.05, 0.1) is 15.5 Å². The molecule has 35 heavy (non-hydrogen) atoms. The first kappa shape index (κ1) is 21.9. The molecule has 1 amide bonds. The highest BCUT2D eigenvalue weighted by molar-refractivity contribution is 7.13. The number of anilines is 1. The summed E-state index contributed by atoms with van der Waals surface area (Å²) in [6, 6.07) is 21.5. The third-order valence-corrected chi connectivity index (χ3v) is 5.96. The van der Waals surface area contributed by atoms with E-state index in [0.717, 1.165) is 10.4 Å². The minimum Gasteiger partial charge on any atom is -0.306 e. The molecule has 0 radical (unpaired) electrons. The van der Waals surface area contributed by atoms with E-state index in [4.69, 9.17) is 0 Å². The number of aromatic amines is 1. The Bertz CT molecular complexity index is 1590. The molecule has 3 heterocycles. The largest absolute Gasteiger partial charge is 0.306 e. The zero-order valence-electron chi connectivity index (χ0n) is 17.9. The summed E-state index contributed by atoms with van der Waals surface area (Å²) in [7, 11) is 0. The van der Waals surface area contributed by atoms with Gasteiger partial charge in [-0.15, -0.1) is 11.3 Å². The lowest BCUT2D eigenvalue weighted by Gasteiger charge is -2.09. The number of carbonyl (C=O) groups excluding carboxylic acids is 1. The van der Waals surface area contributed by atoms with Crippen LogP contribution in [0.25, 0.3) is 27.8 Å². The fourth-order valence-electron chi connectivity index (χ4n) is 3.49. The SMILES string of the molecule is O=C(Nc1cc(-c2cccs2)nn1-c1nc(-c2ccccc2)cc(=O)[nH]1)c1ccccc1[N+](=O)[O-]. The molecule has 0 saturated heterocycles. The molecule has 0 bridgehead atoms. The molecule has 11 heteroatoms. The van der Waals surface area contributed by atoms with E-state index in [1.54, 1.807) is 12.1 Å². The molecule has 2 aromatic carbocycles. The van der Waals surface area contributed by atoms with Gasteiger partial charge in [0.2, 0.25) is 5.95 Å². The van der Waals surface area contributed by atoms with Crippen molar-refractivity contribution < 1.29 is 9.72 Å². The molecule has 172 valence electrons. The third-order valence-electron chi connectivity index (χ3n) is 5.07. The normalized spacial score (nSPS) is 10.7. The molecule has 0 fully saturated rings. The number of nitrogens with zero attached hydrogens (tertiary/aromatic N) is 4. The van der Waals surface area contributed by atoms with Gasteiger partial charge in [0.1, 0.15) is 17.1 Å². The predicted molar refractivity (Wildman–Crippen MR) is 132 cm³/mol. The molecule has 0 unspecified atom stereocenters. The van der Waals surface area contributed by atoms with Gasteiger partial charge in [-0.2, -0.15) is 9.78 Å². The molecule has 5 rings (SSSR count). The van der Waals surface area contributed by atoms with Gasteiger partial charge in [0, 0.05) is 23.8 Å². The molecule has 0 aliphatic heterocycles. The lowest BCUT2D eigenvalue weighted by Crippen LogP contribution is -2.19. The number of nitro groups is 1. The average Bonchev–Trinajstić information content (AvgIpc) is 3.54. The maximum Gasteiger partial charge on any atom is 0.282 e. The van der Waals surface area contributed by atoms with Crippen molar-refractivity contribution in [1.82, 2.24) is 19.7 Å². The number of amides is 1. The van der Waals surface area contributed by atoms with Crippen molar-refractivity contribution in [3.63, 3.8) is 0 Å². The number of hydrogen-bond donors (Lipinski definition) is 2. The summed E-state index contributed by atoms with van der Waals surface area (Å²) in [5.74, 6) is -0.431. The Morgan fingerprint density at radius 1 is 1.00 bits per heavy atom. The van der Waals surface area contributed by atoms with E-state index in [1.165, 1.54) is 40.3 Å². The molecular formula is C24H16N6O4S. The van der Waals surface area contributed by atoms with Gasteiger partial charge in [-0.1, -0.05) is 48.5 Å². The minimum absolute atomic E-state index is 0.0806. The van der Waals surface area contributed by atoms with Crippen LogP contribution in [0.3, 0.4) is 0 Å². The van der Waals surface area contributed by atoms with Crippen molar-refractivity contribution in [2.24, 2.45) is 0 Å². The summed E-state index contributed by atoms with van der Waals surface area (Å²) in [5, 5.41) is 20.5. The molecular weight excluding hydrogens is 468 g/mol. The Morgan fingerprint density at radius 3 is 2.51 bits per heavy atom. The molecule has 0 saturated carbocycles. The van der Waals surface area contributed by atoms with Gasteiger partial charge in [-0.05, 0) is 17.5 Å². The Kier molecular flexibility index (Phi) is 5.73. The van der Waals surface area contributed by atoms with E-state index in [0.29, 0.717) is 11.4 Å². The lowest BCUT2D eigenvalue weighted by atomic mass is 10.1. The number of H-pyrrole nitrogens is 1. The lowest BCUT2D eigenvalue weighted by molar-refractivity contribution is -0.385. The Hall–Kier alpha value is -4.90. The van der Waals surface area contributed by atoms with Crippen LogP contribution in [-0.4, -0.2) is 30.6 Å². The maximum absolute atomic E-state index is 13.0. The van der Waals surface area contributed by atoms with Crippen LogP contribution in [0.15, 0.2) is 89.0 Å². The van der Waals surface area contributed by atoms with Crippen molar-refractivity contribution in [1.29, 1.82) is 0 Å². The number of thiophene rings is 1.